The lowest BCUT2D eigenvalue weighted by Gasteiger charge is -2.24. The van der Waals surface area contributed by atoms with Crippen molar-refractivity contribution in [3.63, 3.8) is 0 Å². The predicted octanol–water partition coefficient (Wildman–Crippen LogP) is 3.28. The maximum Gasteiger partial charge on any atom is 0.230 e. The van der Waals surface area contributed by atoms with Gasteiger partial charge in [0.1, 0.15) is 5.75 Å². The van der Waals surface area contributed by atoms with Gasteiger partial charge in [0.2, 0.25) is 5.91 Å². The van der Waals surface area contributed by atoms with Gasteiger partial charge >= 0.3 is 0 Å². The number of amides is 1. The Labute approximate surface area is 141 Å². The van der Waals surface area contributed by atoms with Crippen LogP contribution < -0.4 is 10.1 Å². The topological polar surface area (TPSA) is 56.2 Å². The molecule has 2 aromatic rings. The highest BCUT2D eigenvalue weighted by Crippen LogP contribution is 2.22. The number of hydrogen-bond acceptors (Lipinski definition) is 4. The molecule has 1 amide bonds. The summed E-state index contributed by atoms with van der Waals surface area (Å²) in [6.07, 6.45) is 4.52. The minimum absolute atomic E-state index is 0.0196. The fourth-order valence-electron chi connectivity index (χ4n) is 1.97. The van der Waals surface area contributed by atoms with E-state index in [2.05, 4.69) is 17.2 Å². The third-order valence-corrected chi connectivity index (χ3v) is 4.62. The number of carbonyl (C=O) groups excluding carboxylic acids is 1. The number of methoxy groups -OCH3 is 1. The standard InChI is InChI=1S/C17H23N3O2S/c1-5-17(2,3)19-15(21)12-23-16-18-10-11-20(16)13-6-8-14(22-4)9-7-13/h6-11H,5,12H2,1-4H3,(H,19,21). The molecular formula is C17H23N3O2S. The molecule has 1 heterocycles. The molecule has 1 N–H and O–H groups in total. The highest BCUT2D eigenvalue weighted by molar-refractivity contribution is 7.99. The van der Waals surface area contributed by atoms with E-state index in [-0.39, 0.29) is 11.4 Å². The summed E-state index contributed by atoms with van der Waals surface area (Å²) >= 11 is 1.43. The summed E-state index contributed by atoms with van der Waals surface area (Å²) in [5.74, 6) is 1.17. The molecule has 0 aliphatic rings. The normalized spacial score (nSPS) is 11.3. The fraction of sp³-hybridized carbons (Fsp3) is 0.412. The molecule has 5 nitrogen and oxygen atoms in total. The minimum Gasteiger partial charge on any atom is -0.497 e. The van der Waals surface area contributed by atoms with Gasteiger partial charge in [-0.05, 0) is 44.5 Å². The Bertz CT molecular complexity index is 650. The molecule has 6 heteroatoms. The summed E-state index contributed by atoms with van der Waals surface area (Å²) < 4.78 is 7.13. The van der Waals surface area contributed by atoms with E-state index < -0.39 is 0 Å². The first-order chi connectivity index (χ1) is 10.9. The third kappa shape index (κ3) is 4.76. The van der Waals surface area contributed by atoms with Gasteiger partial charge in [-0.2, -0.15) is 0 Å². The number of rotatable bonds is 7. The number of nitrogens with zero attached hydrogens (tertiary/aromatic N) is 2. The predicted molar refractivity (Wildman–Crippen MR) is 93.4 cm³/mol. The molecule has 0 saturated heterocycles. The Kier molecular flexibility index (Phi) is 5.71. The highest BCUT2D eigenvalue weighted by atomic mass is 32.2. The molecule has 0 unspecified atom stereocenters. The van der Waals surface area contributed by atoms with Crippen LogP contribution in [-0.2, 0) is 4.79 Å². The lowest BCUT2D eigenvalue weighted by atomic mass is 10.0. The van der Waals surface area contributed by atoms with Crippen molar-refractivity contribution in [1.29, 1.82) is 0 Å². The number of imidazole rings is 1. The molecular weight excluding hydrogens is 310 g/mol. The molecule has 0 fully saturated rings. The van der Waals surface area contributed by atoms with Crippen molar-refractivity contribution in [2.75, 3.05) is 12.9 Å². The van der Waals surface area contributed by atoms with E-state index in [4.69, 9.17) is 4.74 Å². The molecule has 1 aromatic carbocycles. The Morgan fingerprint density at radius 2 is 2.04 bits per heavy atom. The molecule has 0 bridgehead atoms. The lowest BCUT2D eigenvalue weighted by Crippen LogP contribution is -2.43. The van der Waals surface area contributed by atoms with E-state index in [1.807, 2.05) is 48.9 Å². The second kappa shape index (κ2) is 7.55. The van der Waals surface area contributed by atoms with Crippen LogP contribution in [0.25, 0.3) is 5.69 Å². The van der Waals surface area contributed by atoms with Gasteiger partial charge in [0.15, 0.2) is 5.16 Å². The first-order valence-corrected chi connectivity index (χ1v) is 8.55. The van der Waals surface area contributed by atoms with Gasteiger partial charge in [0, 0.05) is 23.6 Å². The smallest absolute Gasteiger partial charge is 0.230 e. The monoisotopic (exact) mass is 333 g/mol. The Morgan fingerprint density at radius 3 is 2.65 bits per heavy atom. The van der Waals surface area contributed by atoms with Crippen molar-refractivity contribution in [2.45, 2.75) is 37.9 Å². The quantitative estimate of drug-likeness (QED) is 0.790. The van der Waals surface area contributed by atoms with Crippen molar-refractivity contribution < 1.29 is 9.53 Å². The average Bonchev–Trinajstić information content (AvgIpc) is 3.01. The Balaban J connectivity index is 2.02. The molecule has 0 aliphatic heterocycles. The fourth-order valence-corrected chi connectivity index (χ4v) is 2.74. The molecule has 0 atom stereocenters. The van der Waals surface area contributed by atoms with Crippen LogP contribution in [0.5, 0.6) is 5.75 Å². The van der Waals surface area contributed by atoms with Crippen molar-refractivity contribution >= 4 is 17.7 Å². The van der Waals surface area contributed by atoms with Crippen LogP contribution in [0.4, 0.5) is 0 Å². The van der Waals surface area contributed by atoms with Gasteiger partial charge in [0.25, 0.3) is 0 Å². The molecule has 0 saturated carbocycles. The van der Waals surface area contributed by atoms with Gasteiger partial charge < -0.3 is 10.1 Å². The van der Waals surface area contributed by atoms with Gasteiger partial charge in [-0.15, -0.1) is 0 Å². The number of nitrogens with one attached hydrogen (secondary N) is 1. The summed E-state index contributed by atoms with van der Waals surface area (Å²) in [7, 11) is 1.64. The van der Waals surface area contributed by atoms with Crippen LogP contribution in [-0.4, -0.2) is 33.9 Å². The molecule has 23 heavy (non-hydrogen) atoms. The SMILES string of the molecule is CCC(C)(C)NC(=O)CSc1nccn1-c1ccc(OC)cc1. The van der Waals surface area contributed by atoms with E-state index in [1.165, 1.54) is 11.8 Å². The number of benzene rings is 1. The number of hydrogen-bond donors (Lipinski definition) is 1. The van der Waals surface area contributed by atoms with E-state index in [1.54, 1.807) is 13.3 Å². The molecule has 0 radical (unpaired) electrons. The van der Waals surface area contributed by atoms with E-state index >= 15 is 0 Å². The Morgan fingerprint density at radius 1 is 1.35 bits per heavy atom. The maximum absolute atomic E-state index is 12.1. The summed E-state index contributed by atoms with van der Waals surface area (Å²) in [6, 6.07) is 7.73. The zero-order valence-corrected chi connectivity index (χ0v) is 14.8. The average molecular weight is 333 g/mol. The maximum atomic E-state index is 12.1. The van der Waals surface area contributed by atoms with Crippen LogP contribution in [0, 0.1) is 0 Å². The van der Waals surface area contributed by atoms with Crippen molar-refractivity contribution in [1.82, 2.24) is 14.9 Å². The first-order valence-electron chi connectivity index (χ1n) is 7.57. The Hall–Kier alpha value is -1.95. The van der Waals surface area contributed by atoms with Gasteiger partial charge in [-0.25, -0.2) is 4.98 Å². The summed E-state index contributed by atoms with van der Waals surface area (Å²) in [4.78, 5) is 16.4. The van der Waals surface area contributed by atoms with E-state index in [9.17, 15) is 4.79 Å². The van der Waals surface area contributed by atoms with Crippen LogP contribution >= 0.6 is 11.8 Å². The zero-order chi connectivity index (χ0) is 16.9. The molecule has 0 spiro atoms. The number of thioether (sulfide) groups is 1. The summed E-state index contributed by atoms with van der Waals surface area (Å²) in [5.41, 5.74) is 0.809. The second-order valence-corrected chi connectivity index (χ2v) is 6.79. The van der Waals surface area contributed by atoms with Crippen LogP contribution in [0.3, 0.4) is 0 Å². The van der Waals surface area contributed by atoms with Crippen LogP contribution in [0.2, 0.25) is 0 Å². The summed E-state index contributed by atoms with van der Waals surface area (Å²) in [5, 5.41) is 3.82. The number of carbonyl (C=O) groups is 1. The van der Waals surface area contributed by atoms with Crippen LogP contribution in [0.1, 0.15) is 27.2 Å². The number of ether oxygens (including phenoxy) is 1. The largest absolute Gasteiger partial charge is 0.497 e. The van der Waals surface area contributed by atoms with Crippen LogP contribution in [0.15, 0.2) is 41.8 Å². The van der Waals surface area contributed by atoms with Gasteiger partial charge in [0.05, 0.1) is 12.9 Å². The van der Waals surface area contributed by atoms with Gasteiger partial charge in [-0.3, -0.25) is 9.36 Å². The third-order valence-electron chi connectivity index (χ3n) is 3.65. The first kappa shape index (κ1) is 17.4. The molecule has 2 rings (SSSR count). The van der Waals surface area contributed by atoms with E-state index in [0.717, 1.165) is 23.0 Å². The molecule has 124 valence electrons. The molecule has 0 aliphatic carbocycles. The second-order valence-electron chi connectivity index (χ2n) is 5.85. The molecule has 1 aromatic heterocycles. The van der Waals surface area contributed by atoms with E-state index in [0.29, 0.717) is 5.75 Å². The summed E-state index contributed by atoms with van der Waals surface area (Å²) in [6.45, 7) is 6.10. The van der Waals surface area contributed by atoms with Gasteiger partial charge in [-0.1, -0.05) is 18.7 Å². The minimum atomic E-state index is -0.178. The lowest BCUT2D eigenvalue weighted by molar-refractivity contribution is -0.120. The van der Waals surface area contributed by atoms with Crippen molar-refractivity contribution in [2.24, 2.45) is 0 Å². The van der Waals surface area contributed by atoms with Crippen molar-refractivity contribution in [3.8, 4) is 11.4 Å². The highest BCUT2D eigenvalue weighted by Gasteiger charge is 2.18. The zero-order valence-electron chi connectivity index (χ0n) is 14.0. The number of aromatic nitrogens is 2. The van der Waals surface area contributed by atoms with Crippen molar-refractivity contribution in [3.05, 3.63) is 36.7 Å².